The summed E-state index contributed by atoms with van der Waals surface area (Å²) >= 11 is 5.47. The van der Waals surface area contributed by atoms with Gasteiger partial charge in [0.25, 0.3) is 0 Å². The zero-order valence-corrected chi connectivity index (χ0v) is 10.9. The van der Waals surface area contributed by atoms with Crippen LogP contribution in [-0.2, 0) is 0 Å². The van der Waals surface area contributed by atoms with Crippen molar-refractivity contribution in [1.82, 2.24) is 0 Å². The Labute approximate surface area is 107 Å². The predicted molar refractivity (Wildman–Crippen MR) is 69.0 cm³/mol. The summed E-state index contributed by atoms with van der Waals surface area (Å²) in [5.41, 5.74) is 0.714. The molecule has 0 spiro atoms. The van der Waals surface area contributed by atoms with Gasteiger partial charge >= 0.3 is 0 Å². The summed E-state index contributed by atoms with van der Waals surface area (Å²) in [4.78, 5) is 0. The second kappa shape index (κ2) is 7.19. The molecule has 0 aromatic heterocycles. The summed E-state index contributed by atoms with van der Waals surface area (Å²) in [6.07, 6.45) is 1.91. The lowest BCUT2D eigenvalue weighted by Crippen LogP contribution is -2.12. The van der Waals surface area contributed by atoms with Crippen LogP contribution in [0.5, 0.6) is 5.75 Å². The van der Waals surface area contributed by atoms with Gasteiger partial charge in [0.1, 0.15) is 0 Å². The molecule has 0 bridgehead atoms. The molecule has 0 saturated carbocycles. The minimum absolute atomic E-state index is 0.00531. The first-order valence-electron chi connectivity index (χ1n) is 5.68. The lowest BCUT2D eigenvalue weighted by Gasteiger charge is -2.14. The Hall–Kier alpha value is -1.20. The Morgan fingerprint density at radius 2 is 2.24 bits per heavy atom. The van der Waals surface area contributed by atoms with E-state index in [2.05, 4.69) is 18.8 Å². The van der Waals surface area contributed by atoms with Crippen LogP contribution >= 0.6 is 11.6 Å². The van der Waals surface area contributed by atoms with E-state index >= 15 is 0 Å². The minimum Gasteiger partial charge on any atom is -0.488 e. The van der Waals surface area contributed by atoms with Crippen LogP contribution in [0.15, 0.2) is 18.2 Å². The van der Waals surface area contributed by atoms with Crippen LogP contribution in [0.1, 0.15) is 32.3 Å². The topological polar surface area (TPSA) is 9.23 Å². The molecule has 0 saturated heterocycles. The first-order chi connectivity index (χ1) is 8.17. The van der Waals surface area contributed by atoms with Crippen molar-refractivity contribution in [1.29, 1.82) is 0 Å². The molecule has 1 aromatic rings. The van der Waals surface area contributed by atoms with Crippen LogP contribution in [0, 0.1) is 17.7 Å². The summed E-state index contributed by atoms with van der Waals surface area (Å²) in [5.74, 6) is 5.73. The molecule has 92 valence electrons. The molecule has 17 heavy (non-hydrogen) atoms. The molecule has 0 fully saturated rings. The van der Waals surface area contributed by atoms with E-state index in [4.69, 9.17) is 16.3 Å². The van der Waals surface area contributed by atoms with Crippen LogP contribution in [-0.4, -0.2) is 12.0 Å². The van der Waals surface area contributed by atoms with Gasteiger partial charge in [-0.1, -0.05) is 25.2 Å². The maximum absolute atomic E-state index is 13.5. The van der Waals surface area contributed by atoms with Crippen molar-refractivity contribution < 1.29 is 9.13 Å². The third-order valence-corrected chi connectivity index (χ3v) is 2.39. The van der Waals surface area contributed by atoms with Crippen molar-refractivity contribution in [2.75, 3.05) is 5.88 Å². The number of rotatable bonds is 4. The average molecular weight is 255 g/mol. The normalized spacial score (nSPS) is 11.5. The molecule has 1 aromatic carbocycles. The third kappa shape index (κ3) is 4.66. The Morgan fingerprint density at radius 1 is 1.47 bits per heavy atom. The molecule has 0 aliphatic rings. The van der Waals surface area contributed by atoms with E-state index in [0.717, 1.165) is 12.8 Å². The highest BCUT2D eigenvalue weighted by Gasteiger charge is 2.08. The van der Waals surface area contributed by atoms with Gasteiger partial charge in [0.05, 0.1) is 12.0 Å². The Kier molecular flexibility index (Phi) is 5.86. The molecule has 1 unspecified atom stereocenters. The van der Waals surface area contributed by atoms with Gasteiger partial charge in [-0.3, -0.25) is 0 Å². The number of benzene rings is 1. The summed E-state index contributed by atoms with van der Waals surface area (Å²) in [6, 6.07) is 4.60. The maximum Gasteiger partial charge on any atom is 0.165 e. The smallest absolute Gasteiger partial charge is 0.165 e. The summed E-state index contributed by atoms with van der Waals surface area (Å²) < 4.78 is 19.0. The maximum atomic E-state index is 13.5. The van der Waals surface area contributed by atoms with Crippen LogP contribution in [0.4, 0.5) is 4.39 Å². The van der Waals surface area contributed by atoms with Gasteiger partial charge in [0.2, 0.25) is 0 Å². The van der Waals surface area contributed by atoms with Gasteiger partial charge < -0.3 is 4.74 Å². The van der Waals surface area contributed by atoms with E-state index in [1.165, 1.54) is 6.07 Å². The molecule has 3 heteroatoms. The van der Waals surface area contributed by atoms with Gasteiger partial charge in [-0.05, 0) is 31.5 Å². The number of alkyl halides is 1. The second-order valence-electron chi connectivity index (χ2n) is 3.80. The molecule has 0 radical (unpaired) electrons. The fourth-order valence-corrected chi connectivity index (χ4v) is 1.56. The number of halogens is 2. The van der Waals surface area contributed by atoms with Crippen molar-refractivity contribution >= 4 is 11.6 Å². The summed E-state index contributed by atoms with van der Waals surface area (Å²) in [5, 5.41) is 0. The predicted octanol–water partition coefficient (Wildman–Crippen LogP) is 3.98. The number of hydrogen-bond acceptors (Lipinski definition) is 1. The third-order valence-electron chi connectivity index (χ3n) is 2.25. The largest absolute Gasteiger partial charge is 0.488 e. The van der Waals surface area contributed by atoms with Gasteiger partial charge in [-0.25, -0.2) is 4.39 Å². The minimum atomic E-state index is -0.357. The molecule has 0 amide bonds. The molecule has 0 aliphatic carbocycles. The zero-order valence-electron chi connectivity index (χ0n) is 10.1. The molecular weight excluding hydrogens is 239 g/mol. The quantitative estimate of drug-likeness (QED) is 0.583. The summed E-state index contributed by atoms with van der Waals surface area (Å²) in [6.45, 7) is 4.00. The Balaban J connectivity index is 2.83. The van der Waals surface area contributed by atoms with E-state index in [-0.39, 0.29) is 23.6 Å². The van der Waals surface area contributed by atoms with Gasteiger partial charge in [-0.15, -0.1) is 11.6 Å². The average Bonchev–Trinajstić information content (AvgIpc) is 2.30. The van der Waals surface area contributed by atoms with Gasteiger partial charge in [-0.2, -0.15) is 0 Å². The Morgan fingerprint density at radius 3 is 2.88 bits per heavy atom. The van der Waals surface area contributed by atoms with E-state index < -0.39 is 0 Å². The zero-order chi connectivity index (χ0) is 12.7. The lowest BCUT2D eigenvalue weighted by atomic mass is 10.2. The van der Waals surface area contributed by atoms with Crippen molar-refractivity contribution in [2.45, 2.75) is 32.8 Å². The van der Waals surface area contributed by atoms with Crippen LogP contribution in [0.2, 0.25) is 0 Å². The van der Waals surface area contributed by atoms with E-state index in [1.807, 2.05) is 6.92 Å². The Bertz CT molecular complexity index is 420. The van der Waals surface area contributed by atoms with Crippen LogP contribution in [0.25, 0.3) is 0 Å². The monoisotopic (exact) mass is 254 g/mol. The first-order valence-corrected chi connectivity index (χ1v) is 6.21. The van der Waals surface area contributed by atoms with Crippen molar-refractivity contribution in [2.24, 2.45) is 0 Å². The highest BCUT2D eigenvalue weighted by Crippen LogP contribution is 2.20. The lowest BCUT2D eigenvalue weighted by molar-refractivity contribution is 0.201. The fraction of sp³-hybridized carbons (Fsp3) is 0.429. The van der Waals surface area contributed by atoms with Crippen LogP contribution in [0.3, 0.4) is 0 Å². The summed E-state index contributed by atoms with van der Waals surface area (Å²) in [7, 11) is 0. The van der Waals surface area contributed by atoms with Crippen molar-refractivity contribution in [3.63, 3.8) is 0 Å². The molecule has 0 N–H and O–H groups in total. The molecule has 1 rings (SSSR count). The van der Waals surface area contributed by atoms with Crippen molar-refractivity contribution in [3.8, 4) is 17.6 Å². The van der Waals surface area contributed by atoms with E-state index in [1.54, 1.807) is 12.1 Å². The molecule has 1 atom stereocenters. The second-order valence-corrected chi connectivity index (χ2v) is 4.07. The van der Waals surface area contributed by atoms with E-state index in [0.29, 0.717) is 5.56 Å². The highest BCUT2D eigenvalue weighted by molar-refractivity contribution is 6.19. The standard InChI is InChI=1S/C14H16ClFO/c1-3-5-11(2)17-14-10-12(6-4-9-15)7-8-13(14)16/h7-8,10-11H,3,5,9H2,1-2H3. The first kappa shape index (κ1) is 13.9. The molecular formula is C14H16ClFO. The number of hydrogen-bond donors (Lipinski definition) is 0. The molecule has 1 nitrogen and oxygen atoms in total. The fourth-order valence-electron chi connectivity index (χ4n) is 1.49. The van der Waals surface area contributed by atoms with Gasteiger partial charge in [0.15, 0.2) is 11.6 Å². The van der Waals surface area contributed by atoms with Gasteiger partial charge in [0, 0.05) is 5.56 Å². The molecule has 0 heterocycles. The van der Waals surface area contributed by atoms with Crippen LogP contribution < -0.4 is 4.74 Å². The van der Waals surface area contributed by atoms with Crippen molar-refractivity contribution in [3.05, 3.63) is 29.6 Å². The molecule has 0 aliphatic heterocycles. The van der Waals surface area contributed by atoms with E-state index in [9.17, 15) is 4.39 Å². The number of ether oxygens (including phenoxy) is 1. The highest BCUT2D eigenvalue weighted by atomic mass is 35.5. The SMILES string of the molecule is CCCC(C)Oc1cc(C#CCCl)ccc1F.